The van der Waals surface area contributed by atoms with E-state index in [-0.39, 0.29) is 5.69 Å². The van der Waals surface area contributed by atoms with Gasteiger partial charge in [0.05, 0.1) is 10.8 Å². The van der Waals surface area contributed by atoms with Crippen molar-refractivity contribution in [2.75, 3.05) is 12.4 Å². The number of carbonyl (C=O) groups excluding carboxylic acids is 3. The summed E-state index contributed by atoms with van der Waals surface area (Å²) in [4.78, 5) is 46.5. The normalized spacial score (nSPS) is 21.5. The van der Waals surface area contributed by atoms with Gasteiger partial charge in [0, 0.05) is 24.9 Å². The average molecular weight is 291 g/mol. The van der Waals surface area contributed by atoms with Crippen LogP contribution in [-0.4, -0.2) is 34.6 Å². The van der Waals surface area contributed by atoms with Crippen molar-refractivity contribution in [3.8, 4) is 0 Å². The number of rotatable bonds is 3. The summed E-state index contributed by atoms with van der Waals surface area (Å²) in [5.41, 5.74) is 0.223. The zero-order valence-electron chi connectivity index (χ0n) is 11.4. The monoisotopic (exact) mass is 291 g/mol. The highest BCUT2D eigenvalue weighted by atomic mass is 16.6. The zero-order valence-corrected chi connectivity index (χ0v) is 11.4. The molecule has 110 valence electrons. The quantitative estimate of drug-likeness (QED) is 0.383. The summed E-state index contributed by atoms with van der Waals surface area (Å²) in [5.74, 6) is -3.34. The predicted molar refractivity (Wildman–Crippen MR) is 72.2 cm³/mol. The first-order valence-corrected chi connectivity index (χ1v) is 6.19. The van der Waals surface area contributed by atoms with Crippen molar-refractivity contribution in [3.63, 3.8) is 0 Å². The number of anilines is 1. The number of hydrogen-bond donors (Lipinski definition) is 1. The maximum atomic E-state index is 12.1. The van der Waals surface area contributed by atoms with Crippen LogP contribution in [0.3, 0.4) is 0 Å². The third-order valence-electron chi connectivity index (χ3n) is 3.44. The zero-order chi connectivity index (χ0) is 15.7. The van der Waals surface area contributed by atoms with Gasteiger partial charge in [-0.05, 0) is 12.1 Å². The van der Waals surface area contributed by atoms with E-state index in [4.69, 9.17) is 0 Å². The van der Waals surface area contributed by atoms with Gasteiger partial charge >= 0.3 is 0 Å². The molecule has 8 nitrogen and oxygen atoms in total. The Labute approximate surface area is 119 Å². The van der Waals surface area contributed by atoms with E-state index in [0.717, 1.165) is 4.90 Å². The average Bonchev–Trinajstić information content (AvgIpc) is 2.63. The van der Waals surface area contributed by atoms with Gasteiger partial charge in [-0.1, -0.05) is 6.92 Å². The molecule has 3 amide bonds. The van der Waals surface area contributed by atoms with Crippen molar-refractivity contribution in [1.29, 1.82) is 0 Å². The molecule has 1 saturated heterocycles. The number of nitrogens with zero attached hydrogens (tertiary/aromatic N) is 2. The van der Waals surface area contributed by atoms with Crippen molar-refractivity contribution >= 4 is 29.1 Å². The van der Waals surface area contributed by atoms with Crippen LogP contribution in [0.5, 0.6) is 0 Å². The van der Waals surface area contributed by atoms with Gasteiger partial charge in [-0.15, -0.1) is 0 Å². The summed E-state index contributed by atoms with van der Waals surface area (Å²) in [6, 6.07) is 5.22. The molecular weight excluding hydrogens is 278 g/mol. The Morgan fingerprint density at radius 3 is 2.24 bits per heavy atom. The van der Waals surface area contributed by atoms with Gasteiger partial charge in [0.15, 0.2) is 0 Å². The van der Waals surface area contributed by atoms with Gasteiger partial charge < -0.3 is 5.32 Å². The molecule has 0 radical (unpaired) electrons. The number of nitrogens with one attached hydrogen (secondary N) is 1. The van der Waals surface area contributed by atoms with Crippen LogP contribution in [0.1, 0.15) is 6.92 Å². The number of benzene rings is 1. The van der Waals surface area contributed by atoms with Crippen molar-refractivity contribution in [2.45, 2.75) is 6.92 Å². The lowest BCUT2D eigenvalue weighted by Crippen LogP contribution is -2.32. The number of hydrogen-bond acceptors (Lipinski definition) is 5. The predicted octanol–water partition coefficient (Wildman–Crippen LogP) is 0.784. The number of nitro benzene ring substituents is 1. The first-order valence-electron chi connectivity index (χ1n) is 6.19. The molecule has 2 rings (SSSR count). The Kier molecular flexibility index (Phi) is 3.70. The Bertz CT molecular complexity index is 625. The molecule has 0 aromatic heterocycles. The van der Waals surface area contributed by atoms with E-state index in [2.05, 4.69) is 5.32 Å². The first-order chi connectivity index (χ1) is 9.82. The molecule has 1 fully saturated rings. The number of nitro groups is 1. The minimum absolute atomic E-state index is 0.103. The molecule has 1 aliphatic rings. The molecule has 0 spiro atoms. The third kappa shape index (κ3) is 2.60. The fraction of sp³-hybridized carbons (Fsp3) is 0.308. The number of likely N-dealkylation sites (tertiary alicyclic amines) is 1. The smallest absolute Gasteiger partial charge is 0.269 e. The van der Waals surface area contributed by atoms with E-state index in [1.54, 1.807) is 0 Å². The molecule has 8 heteroatoms. The summed E-state index contributed by atoms with van der Waals surface area (Å²) in [7, 11) is 1.33. The summed E-state index contributed by atoms with van der Waals surface area (Å²) in [5, 5.41) is 13.0. The summed E-state index contributed by atoms with van der Waals surface area (Å²) >= 11 is 0. The molecule has 0 saturated carbocycles. The molecular formula is C13H13N3O5. The lowest BCUT2D eigenvalue weighted by atomic mass is 9.96. The van der Waals surface area contributed by atoms with Crippen LogP contribution in [0.4, 0.5) is 11.4 Å². The van der Waals surface area contributed by atoms with Crippen LogP contribution < -0.4 is 5.32 Å². The molecule has 21 heavy (non-hydrogen) atoms. The van der Waals surface area contributed by atoms with Crippen LogP contribution in [0.2, 0.25) is 0 Å². The van der Waals surface area contributed by atoms with E-state index in [1.807, 2.05) is 0 Å². The number of amides is 3. The summed E-state index contributed by atoms with van der Waals surface area (Å²) in [6.07, 6.45) is 0. The van der Waals surface area contributed by atoms with Gasteiger partial charge in [-0.3, -0.25) is 29.4 Å². The third-order valence-corrected chi connectivity index (χ3v) is 3.44. The van der Waals surface area contributed by atoms with Crippen LogP contribution in [-0.2, 0) is 14.4 Å². The van der Waals surface area contributed by atoms with E-state index in [1.165, 1.54) is 38.2 Å². The molecule has 1 aliphatic heterocycles. The second kappa shape index (κ2) is 5.31. The van der Waals surface area contributed by atoms with Crippen LogP contribution in [0.25, 0.3) is 0 Å². The SMILES string of the molecule is CC1C(=O)N(C)C(=O)C1C(=O)Nc1ccc([N+](=O)[O-])cc1. The van der Waals surface area contributed by atoms with Gasteiger partial charge in [0.2, 0.25) is 17.7 Å². The van der Waals surface area contributed by atoms with Crippen molar-refractivity contribution < 1.29 is 19.3 Å². The molecule has 2 unspecified atom stereocenters. The molecule has 0 bridgehead atoms. The van der Waals surface area contributed by atoms with Crippen LogP contribution in [0.15, 0.2) is 24.3 Å². The molecule has 1 aromatic carbocycles. The Balaban J connectivity index is 2.13. The van der Waals surface area contributed by atoms with Crippen LogP contribution >= 0.6 is 0 Å². The molecule has 2 atom stereocenters. The van der Waals surface area contributed by atoms with Crippen LogP contribution in [0, 0.1) is 22.0 Å². The molecule has 1 heterocycles. The maximum absolute atomic E-state index is 12.1. The second-order valence-electron chi connectivity index (χ2n) is 4.80. The topological polar surface area (TPSA) is 110 Å². The standard InChI is InChI=1S/C13H13N3O5/c1-7-10(13(19)15(2)12(7)18)11(17)14-8-3-5-9(6-4-8)16(20)21/h3-7,10H,1-2H3,(H,14,17). The van der Waals surface area contributed by atoms with E-state index in [9.17, 15) is 24.5 Å². The van der Waals surface area contributed by atoms with Gasteiger partial charge in [0.1, 0.15) is 5.92 Å². The van der Waals surface area contributed by atoms with Gasteiger partial charge in [-0.25, -0.2) is 0 Å². The highest BCUT2D eigenvalue weighted by Crippen LogP contribution is 2.26. The molecule has 1 N–H and O–H groups in total. The highest BCUT2D eigenvalue weighted by molar-refractivity contribution is 6.17. The Morgan fingerprint density at radius 1 is 1.24 bits per heavy atom. The Hall–Kier alpha value is -2.77. The highest BCUT2D eigenvalue weighted by Gasteiger charge is 2.47. The minimum Gasteiger partial charge on any atom is -0.325 e. The lowest BCUT2D eigenvalue weighted by molar-refractivity contribution is -0.384. The van der Waals surface area contributed by atoms with Crippen molar-refractivity contribution in [1.82, 2.24) is 4.90 Å². The fourth-order valence-electron chi connectivity index (χ4n) is 2.20. The van der Waals surface area contributed by atoms with Crippen molar-refractivity contribution in [2.24, 2.45) is 11.8 Å². The van der Waals surface area contributed by atoms with Crippen molar-refractivity contribution in [3.05, 3.63) is 34.4 Å². The second-order valence-corrected chi connectivity index (χ2v) is 4.80. The van der Waals surface area contributed by atoms with Gasteiger partial charge in [0.25, 0.3) is 5.69 Å². The van der Waals surface area contributed by atoms with Gasteiger partial charge in [-0.2, -0.15) is 0 Å². The fourth-order valence-corrected chi connectivity index (χ4v) is 2.20. The van der Waals surface area contributed by atoms with E-state index >= 15 is 0 Å². The summed E-state index contributed by atoms with van der Waals surface area (Å²) < 4.78 is 0. The number of imide groups is 1. The Morgan fingerprint density at radius 2 is 1.81 bits per heavy atom. The number of carbonyl (C=O) groups is 3. The van der Waals surface area contributed by atoms with E-state index < -0.39 is 34.5 Å². The number of non-ortho nitro benzene ring substituents is 1. The van der Waals surface area contributed by atoms with E-state index in [0.29, 0.717) is 5.69 Å². The maximum Gasteiger partial charge on any atom is 0.269 e. The minimum atomic E-state index is -1.07. The lowest BCUT2D eigenvalue weighted by Gasteiger charge is -2.11. The summed E-state index contributed by atoms with van der Waals surface area (Å²) in [6.45, 7) is 1.52. The first kappa shape index (κ1) is 14.6. The molecule has 0 aliphatic carbocycles. The molecule has 1 aromatic rings. The largest absolute Gasteiger partial charge is 0.325 e.